The quantitative estimate of drug-likeness (QED) is 0.429. The number of hydrogen-bond donors (Lipinski definition) is 1. The number of amides is 1. The molecule has 0 unspecified atom stereocenters. The largest absolute Gasteiger partial charge is 0.497 e. The molecule has 164 valence electrons. The minimum Gasteiger partial charge on any atom is -0.497 e. The smallest absolute Gasteiger partial charge is 0.253 e. The zero-order valence-corrected chi connectivity index (χ0v) is 19.7. The summed E-state index contributed by atoms with van der Waals surface area (Å²) >= 11 is 1.56. The van der Waals surface area contributed by atoms with Crippen LogP contribution in [0.2, 0.25) is 0 Å². The molecule has 0 aliphatic carbocycles. The van der Waals surface area contributed by atoms with Gasteiger partial charge in [0.25, 0.3) is 5.91 Å². The van der Waals surface area contributed by atoms with Crippen LogP contribution in [-0.2, 0) is 0 Å². The molecule has 0 bridgehead atoms. The Morgan fingerprint density at radius 3 is 2.50 bits per heavy atom. The van der Waals surface area contributed by atoms with Gasteiger partial charge >= 0.3 is 0 Å². The molecule has 32 heavy (non-hydrogen) atoms. The van der Waals surface area contributed by atoms with Crippen molar-refractivity contribution in [1.82, 2.24) is 19.9 Å². The number of nitrogens with one attached hydrogen (secondary N) is 1. The van der Waals surface area contributed by atoms with Gasteiger partial charge in [-0.25, -0.2) is 4.98 Å². The molecule has 1 aromatic carbocycles. The van der Waals surface area contributed by atoms with Crippen LogP contribution in [0.5, 0.6) is 5.75 Å². The van der Waals surface area contributed by atoms with Crippen molar-refractivity contribution in [2.75, 3.05) is 7.11 Å². The normalized spacial score (nSPS) is 11.1. The first-order chi connectivity index (χ1) is 15.4. The Hall–Kier alpha value is -3.45. The molecule has 0 spiro atoms. The lowest BCUT2D eigenvalue weighted by Gasteiger charge is -2.12. The van der Waals surface area contributed by atoms with E-state index in [0.29, 0.717) is 5.56 Å². The molecule has 0 fully saturated rings. The van der Waals surface area contributed by atoms with Gasteiger partial charge in [-0.2, -0.15) is 0 Å². The van der Waals surface area contributed by atoms with Gasteiger partial charge < -0.3 is 14.6 Å². The Morgan fingerprint density at radius 2 is 1.88 bits per heavy atom. The summed E-state index contributed by atoms with van der Waals surface area (Å²) in [6, 6.07) is 13.8. The Labute approximate surface area is 191 Å². The highest BCUT2D eigenvalue weighted by atomic mass is 32.1. The first kappa shape index (κ1) is 21.8. The van der Waals surface area contributed by atoms with E-state index in [4.69, 9.17) is 9.72 Å². The lowest BCUT2D eigenvalue weighted by molar-refractivity contribution is 0.0942. The second kappa shape index (κ2) is 8.96. The number of carbonyl (C=O) groups excluding carboxylic acids is 1. The number of thiazole rings is 1. The number of methoxy groups -OCH3 is 1. The maximum atomic E-state index is 12.9. The standard InChI is InChI=1S/C25H26N4O2S/c1-15(2)27-24(30)21-12-23(29(17(21)4)19-8-10-20(31-5)11-9-19)22-14-32-25(28-22)18-7-6-16(3)26-13-18/h6-15H,1-5H3,(H,27,30). The number of benzene rings is 1. The van der Waals surface area contributed by atoms with E-state index >= 15 is 0 Å². The number of carbonyl (C=O) groups is 1. The highest BCUT2D eigenvalue weighted by Crippen LogP contribution is 2.33. The van der Waals surface area contributed by atoms with Crippen LogP contribution in [0.1, 0.15) is 35.6 Å². The van der Waals surface area contributed by atoms with E-state index in [1.807, 2.05) is 81.7 Å². The van der Waals surface area contributed by atoms with Gasteiger partial charge in [0, 0.05) is 40.3 Å². The summed E-state index contributed by atoms with van der Waals surface area (Å²) < 4.78 is 7.38. The van der Waals surface area contributed by atoms with Gasteiger partial charge in [0.05, 0.1) is 24.1 Å². The summed E-state index contributed by atoms with van der Waals surface area (Å²) in [5, 5.41) is 5.91. The van der Waals surface area contributed by atoms with Crippen molar-refractivity contribution in [3.63, 3.8) is 0 Å². The third-order valence-electron chi connectivity index (χ3n) is 5.17. The van der Waals surface area contributed by atoms with E-state index in [-0.39, 0.29) is 11.9 Å². The van der Waals surface area contributed by atoms with Gasteiger partial charge in [0.1, 0.15) is 10.8 Å². The van der Waals surface area contributed by atoms with Crippen LogP contribution in [0, 0.1) is 13.8 Å². The van der Waals surface area contributed by atoms with E-state index in [1.165, 1.54) is 0 Å². The topological polar surface area (TPSA) is 69.0 Å². The fourth-order valence-corrected chi connectivity index (χ4v) is 4.35. The minimum atomic E-state index is -0.0933. The first-order valence-electron chi connectivity index (χ1n) is 10.4. The molecule has 3 aromatic heterocycles. The van der Waals surface area contributed by atoms with E-state index in [1.54, 1.807) is 18.4 Å². The summed E-state index contributed by atoms with van der Waals surface area (Å²) in [6.07, 6.45) is 1.84. The van der Waals surface area contributed by atoms with Crippen molar-refractivity contribution in [3.8, 4) is 33.4 Å². The van der Waals surface area contributed by atoms with Crippen LogP contribution < -0.4 is 10.1 Å². The molecule has 0 aliphatic rings. The van der Waals surface area contributed by atoms with Crippen LogP contribution in [0.25, 0.3) is 27.6 Å². The first-order valence-corrected chi connectivity index (χ1v) is 11.3. The second-order valence-electron chi connectivity index (χ2n) is 7.92. The van der Waals surface area contributed by atoms with E-state index < -0.39 is 0 Å². The van der Waals surface area contributed by atoms with Gasteiger partial charge in [0.2, 0.25) is 0 Å². The number of hydrogen-bond acceptors (Lipinski definition) is 5. The summed E-state index contributed by atoms with van der Waals surface area (Å²) in [4.78, 5) is 22.2. The molecule has 4 aromatic rings. The zero-order chi connectivity index (χ0) is 22.8. The highest BCUT2D eigenvalue weighted by molar-refractivity contribution is 7.13. The number of ether oxygens (including phenoxy) is 1. The van der Waals surface area contributed by atoms with Gasteiger partial charge in [-0.05, 0) is 70.2 Å². The molecule has 1 N–H and O–H groups in total. The maximum Gasteiger partial charge on any atom is 0.253 e. The van der Waals surface area contributed by atoms with Gasteiger partial charge in [-0.1, -0.05) is 0 Å². The number of aromatic nitrogens is 3. The number of pyridine rings is 1. The predicted octanol–water partition coefficient (Wildman–Crippen LogP) is 5.43. The maximum absolute atomic E-state index is 12.9. The van der Waals surface area contributed by atoms with Crippen molar-refractivity contribution in [2.45, 2.75) is 33.7 Å². The lowest BCUT2D eigenvalue weighted by Crippen LogP contribution is -2.30. The Kier molecular flexibility index (Phi) is 6.10. The molecular formula is C25H26N4O2S. The molecule has 1 amide bonds. The molecule has 0 saturated carbocycles. The molecule has 0 aliphatic heterocycles. The fraction of sp³-hybridized carbons (Fsp3) is 0.240. The molecule has 3 heterocycles. The number of aryl methyl sites for hydroxylation is 1. The van der Waals surface area contributed by atoms with Crippen LogP contribution in [0.15, 0.2) is 54.0 Å². The number of rotatable bonds is 6. The van der Waals surface area contributed by atoms with Crippen molar-refractivity contribution in [1.29, 1.82) is 0 Å². The van der Waals surface area contributed by atoms with Crippen molar-refractivity contribution < 1.29 is 9.53 Å². The molecule has 4 rings (SSSR count). The number of nitrogens with zero attached hydrogens (tertiary/aromatic N) is 3. The average molecular weight is 447 g/mol. The molecule has 6 nitrogen and oxygen atoms in total. The second-order valence-corrected chi connectivity index (χ2v) is 8.77. The Balaban J connectivity index is 1.83. The van der Waals surface area contributed by atoms with Gasteiger partial charge in [-0.15, -0.1) is 11.3 Å². The Bertz CT molecular complexity index is 1240. The zero-order valence-electron chi connectivity index (χ0n) is 18.8. The van der Waals surface area contributed by atoms with Gasteiger partial charge in [-0.3, -0.25) is 9.78 Å². The van der Waals surface area contributed by atoms with Crippen LogP contribution >= 0.6 is 11.3 Å². The summed E-state index contributed by atoms with van der Waals surface area (Å²) in [5.41, 5.74) is 6.05. The highest BCUT2D eigenvalue weighted by Gasteiger charge is 2.22. The predicted molar refractivity (Wildman–Crippen MR) is 129 cm³/mol. The van der Waals surface area contributed by atoms with Crippen molar-refractivity contribution in [2.24, 2.45) is 0 Å². The molecule has 0 saturated heterocycles. The van der Waals surface area contributed by atoms with Crippen LogP contribution in [-0.4, -0.2) is 33.6 Å². The third kappa shape index (κ3) is 4.29. The van der Waals surface area contributed by atoms with E-state index in [0.717, 1.165) is 44.8 Å². The Morgan fingerprint density at radius 1 is 1.12 bits per heavy atom. The van der Waals surface area contributed by atoms with Crippen molar-refractivity contribution >= 4 is 17.2 Å². The fourth-order valence-electron chi connectivity index (χ4n) is 3.55. The molecule has 0 radical (unpaired) electrons. The lowest BCUT2D eigenvalue weighted by atomic mass is 10.2. The van der Waals surface area contributed by atoms with Crippen LogP contribution in [0.4, 0.5) is 0 Å². The van der Waals surface area contributed by atoms with Crippen LogP contribution in [0.3, 0.4) is 0 Å². The SMILES string of the molecule is COc1ccc(-n2c(-c3csc(-c4ccc(C)nc4)n3)cc(C(=O)NC(C)C)c2C)cc1. The average Bonchev–Trinajstić information content (AvgIpc) is 3.39. The van der Waals surface area contributed by atoms with Gasteiger partial charge in [0.15, 0.2) is 0 Å². The summed E-state index contributed by atoms with van der Waals surface area (Å²) in [7, 11) is 1.65. The summed E-state index contributed by atoms with van der Waals surface area (Å²) in [6.45, 7) is 7.83. The van der Waals surface area contributed by atoms with E-state index in [2.05, 4.69) is 14.9 Å². The summed E-state index contributed by atoms with van der Waals surface area (Å²) in [5.74, 6) is 0.685. The molecule has 0 atom stereocenters. The molecule has 7 heteroatoms. The third-order valence-corrected chi connectivity index (χ3v) is 6.06. The minimum absolute atomic E-state index is 0.0506. The van der Waals surface area contributed by atoms with Crippen molar-refractivity contribution in [3.05, 3.63) is 71.0 Å². The van der Waals surface area contributed by atoms with E-state index in [9.17, 15) is 4.79 Å². The molecular weight excluding hydrogens is 420 g/mol. The monoisotopic (exact) mass is 446 g/mol.